The molecule has 1 aromatic rings. The normalized spacial score (nSPS) is 19.7. The summed E-state index contributed by atoms with van der Waals surface area (Å²) in [6.45, 7) is 4.04. The molecule has 1 aliphatic heterocycles. The van der Waals surface area contributed by atoms with Gasteiger partial charge in [-0.25, -0.2) is 0 Å². The zero-order valence-corrected chi connectivity index (χ0v) is 10.8. The number of benzene rings is 1. The number of carbonyl (C=O) groups is 1. The first kappa shape index (κ1) is 12.9. The molecule has 4 nitrogen and oxygen atoms in total. The van der Waals surface area contributed by atoms with Crippen LogP contribution in [0.3, 0.4) is 0 Å². The lowest BCUT2D eigenvalue weighted by atomic mass is 10.1. The Kier molecular flexibility index (Phi) is 4.20. The summed E-state index contributed by atoms with van der Waals surface area (Å²) in [6, 6.07) is 7.41. The van der Waals surface area contributed by atoms with Crippen LogP contribution in [0.2, 0.25) is 0 Å². The van der Waals surface area contributed by atoms with Gasteiger partial charge < -0.3 is 15.4 Å². The minimum Gasteiger partial charge on any atom is -0.494 e. The number of nitrogens with zero attached hydrogens (tertiary/aromatic N) is 1. The summed E-state index contributed by atoms with van der Waals surface area (Å²) >= 11 is 0. The van der Waals surface area contributed by atoms with Crippen LogP contribution in [0.5, 0.6) is 5.75 Å². The zero-order valence-electron chi connectivity index (χ0n) is 10.8. The van der Waals surface area contributed by atoms with Crippen LogP contribution >= 0.6 is 0 Å². The summed E-state index contributed by atoms with van der Waals surface area (Å²) in [6.07, 6.45) is 2.00. The largest absolute Gasteiger partial charge is 0.494 e. The molecule has 0 radical (unpaired) electrons. The van der Waals surface area contributed by atoms with Crippen LogP contribution in [0.1, 0.15) is 30.1 Å². The number of ether oxygens (including phenoxy) is 1. The van der Waals surface area contributed by atoms with Gasteiger partial charge in [-0.2, -0.15) is 0 Å². The van der Waals surface area contributed by atoms with Crippen LogP contribution in [0.25, 0.3) is 0 Å². The van der Waals surface area contributed by atoms with Crippen LogP contribution in [0.15, 0.2) is 24.3 Å². The molecule has 1 atom stereocenters. The van der Waals surface area contributed by atoms with Crippen molar-refractivity contribution in [3.63, 3.8) is 0 Å². The Morgan fingerprint density at radius 1 is 1.44 bits per heavy atom. The van der Waals surface area contributed by atoms with Gasteiger partial charge in [-0.15, -0.1) is 0 Å². The monoisotopic (exact) mass is 248 g/mol. The molecule has 1 aromatic carbocycles. The minimum absolute atomic E-state index is 0.0631. The van der Waals surface area contributed by atoms with Gasteiger partial charge in [-0.1, -0.05) is 0 Å². The third-order valence-corrected chi connectivity index (χ3v) is 3.16. The molecular formula is C14H20N2O2. The van der Waals surface area contributed by atoms with Crippen molar-refractivity contribution in [1.29, 1.82) is 0 Å². The first-order valence-electron chi connectivity index (χ1n) is 6.48. The smallest absolute Gasteiger partial charge is 0.253 e. The van der Waals surface area contributed by atoms with Gasteiger partial charge in [0.15, 0.2) is 0 Å². The molecule has 0 saturated carbocycles. The molecule has 0 aromatic heterocycles. The fourth-order valence-electron chi connectivity index (χ4n) is 2.24. The van der Waals surface area contributed by atoms with E-state index < -0.39 is 0 Å². The van der Waals surface area contributed by atoms with Crippen molar-refractivity contribution in [3.05, 3.63) is 29.8 Å². The first-order valence-corrected chi connectivity index (χ1v) is 6.48. The quantitative estimate of drug-likeness (QED) is 0.885. The maximum atomic E-state index is 12.2. The Hall–Kier alpha value is -1.55. The topological polar surface area (TPSA) is 55.6 Å². The highest BCUT2D eigenvalue weighted by molar-refractivity contribution is 5.94. The molecule has 2 rings (SSSR count). The third kappa shape index (κ3) is 3.01. The summed E-state index contributed by atoms with van der Waals surface area (Å²) in [7, 11) is 0. The number of hydrogen-bond acceptors (Lipinski definition) is 3. The Balaban J connectivity index is 2.03. The second kappa shape index (κ2) is 5.87. The SMILES string of the molecule is CCOc1ccc(C(=O)N2CCCC(N)C2)cc1. The van der Waals surface area contributed by atoms with Crippen LogP contribution in [0, 0.1) is 0 Å². The van der Waals surface area contributed by atoms with Crippen molar-refractivity contribution >= 4 is 5.91 Å². The third-order valence-electron chi connectivity index (χ3n) is 3.16. The first-order chi connectivity index (χ1) is 8.70. The summed E-state index contributed by atoms with van der Waals surface area (Å²) in [5.41, 5.74) is 6.59. The van der Waals surface area contributed by atoms with Gasteiger partial charge in [-0.05, 0) is 44.0 Å². The lowest BCUT2D eigenvalue weighted by Gasteiger charge is -2.30. The van der Waals surface area contributed by atoms with Crippen molar-refractivity contribution in [2.45, 2.75) is 25.8 Å². The molecule has 4 heteroatoms. The number of likely N-dealkylation sites (tertiary alicyclic amines) is 1. The fourth-order valence-corrected chi connectivity index (χ4v) is 2.24. The van der Waals surface area contributed by atoms with Crippen molar-refractivity contribution in [2.75, 3.05) is 19.7 Å². The fraction of sp³-hybridized carbons (Fsp3) is 0.500. The van der Waals surface area contributed by atoms with Crippen molar-refractivity contribution < 1.29 is 9.53 Å². The van der Waals surface area contributed by atoms with E-state index in [4.69, 9.17) is 10.5 Å². The number of hydrogen-bond donors (Lipinski definition) is 1. The van der Waals surface area contributed by atoms with E-state index >= 15 is 0 Å². The molecular weight excluding hydrogens is 228 g/mol. The van der Waals surface area contributed by atoms with E-state index in [0.717, 1.165) is 25.1 Å². The maximum Gasteiger partial charge on any atom is 0.253 e. The molecule has 1 heterocycles. The molecule has 1 unspecified atom stereocenters. The molecule has 98 valence electrons. The number of nitrogens with two attached hydrogens (primary N) is 1. The van der Waals surface area contributed by atoms with Gasteiger partial charge in [0.05, 0.1) is 6.61 Å². The molecule has 0 spiro atoms. The van der Waals surface area contributed by atoms with Gasteiger partial charge >= 0.3 is 0 Å². The average molecular weight is 248 g/mol. The highest BCUT2D eigenvalue weighted by atomic mass is 16.5. The van der Waals surface area contributed by atoms with Crippen LogP contribution < -0.4 is 10.5 Å². The Labute approximate surface area is 108 Å². The predicted octanol–water partition coefficient (Wildman–Crippen LogP) is 1.65. The highest BCUT2D eigenvalue weighted by Gasteiger charge is 2.22. The van der Waals surface area contributed by atoms with Gasteiger partial charge in [0, 0.05) is 24.7 Å². The highest BCUT2D eigenvalue weighted by Crippen LogP contribution is 2.16. The second-order valence-corrected chi connectivity index (χ2v) is 4.61. The Morgan fingerprint density at radius 2 is 2.17 bits per heavy atom. The standard InChI is InChI=1S/C14H20N2O2/c1-2-18-13-7-5-11(6-8-13)14(17)16-9-3-4-12(15)10-16/h5-8,12H,2-4,9-10,15H2,1H3. The van der Waals surface area contributed by atoms with E-state index in [2.05, 4.69) is 0 Å². The Morgan fingerprint density at radius 3 is 2.78 bits per heavy atom. The molecule has 1 saturated heterocycles. The molecule has 0 bridgehead atoms. The molecule has 2 N–H and O–H groups in total. The molecule has 18 heavy (non-hydrogen) atoms. The molecule has 1 fully saturated rings. The van der Waals surface area contributed by atoms with Crippen molar-refractivity contribution in [1.82, 2.24) is 4.90 Å². The number of carbonyl (C=O) groups excluding carboxylic acids is 1. The lowest BCUT2D eigenvalue weighted by molar-refractivity contribution is 0.0709. The van der Waals surface area contributed by atoms with Crippen molar-refractivity contribution in [3.8, 4) is 5.75 Å². The van der Waals surface area contributed by atoms with E-state index in [0.29, 0.717) is 18.7 Å². The summed E-state index contributed by atoms with van der Waals surface area (Å²) in [4.78, 5) is 14.1. The van der Waals surface area contributed by atoms with E-state index in [9.17, 15) is 4.79 Å². The van der Waals surface area contributed by atoms with E-state index in [1.54, 1.807) is 0 Å². The summed E-state index contributed by atoms with van der Waals surface area (Å²) in [5.74, 6) is 0.859. The predicted molar refractivity (Wildman–Crippen MR) is 70.7 cm³/mol. The van der Waals surface area contributed by atoms with Crippen LogP contribution in [0.4, 0.5) is 0 Å². The number of piperidine rings is 1. The summed E-state index contributed by atoms with van der Waals surface area (Å²) < 4.78 is 5.36. The van der Waals surface area contributed by atoms with Crippen molar-refractivity contribution in [2.24, 2.45) is 5.73 Å². The lowest BCUT2D eigenvalue weighted by Crippen LogP contribution is -2.45. The van der Waals surface area contributed by atoms with E-state index in [-0.39, 0.29) is 11.9 Å². The number of rotatable bonds is 3. The van der Waals surface area contributed by atoms with E-state index in [1.807, 2.05) is 36.1 Å². The van der Waals surface area contributed by atoms with Gasteiger partial charge in [0.2, 0.25) is 0 Å². The van der Waals surface area contributed by atoms with Gasteiger partial charge in [-0.3, -0.25) is 4.79 Å². The van der Waals surface area contributed by atoms with Gasteiger partial charge in [0.25, 0.3) is 5.91 Å². The summed E-state index contributed by atoms with van der Waals surface area (Å²) in [5, 5.41) is 0. The molecule has 0 aliphatic carbocycles. The van der Waals surface area contributed by atoms with Crippen LogP contribution in [-0.2, 0) is 0 Å². The van der Waals surface area contributed by atoms with Crippen LogP contribution in [-0.4, -0.2) is 36.5 Å². The number of amides is 1. The molecule has 1 aliphatic rings. The average Bonchev–Trinajstić information content (AvgIpc) is 2.39. The zero-order chi connectivity index (χ0) is 13.0. The minimum atomic E-state index is 0.0631. The molecule has 1 amide bonds. The Bertz CT molecular complexity index is 403. The van der Waals surface area contributed by atoms with Gasteiger partial charge in [0.1, 0.15) is 5.75 Å². The maximum absolute atomic E-state index is 12.2. The van der Waals surface area contributed by atoms with E-state index in [1.165, 1.54) is 0 Å². The second-order valence-electron chi connectivity index (χ2n) is 4.61.